The number of aliphatic carboxylic acids is 3. The second-order valence-corrected chi connectivity index (χ2v) is 30.6. The quantitative estimate of drug-likeness (QED) is 0.0297. The molecule has 6 heterocycles. The maximum atomic E-state index is 15.8. The molecule has 15 nitrogen and oxygen atoms in total. The molecule has 6 unspecified atom stereocenters. The largest absolute Gasteiger partial charge is 0.478 e. The second-order valence-electron chi connectivity index (χ2n) is 30.6. The molecule has 6 atom stereocenters. The number of halogens is 4. The number of fused-ring (bicyclic) bond motifs is 3. The molecule has 0 radical (unpaired) electrons. The van der Waals surface area contributed by atoms with E-state index in [9.17, 15) is 14.4 Å². The van der Waals surface area contributed by atoms with E-state index < -0.39 is 35.6 Å². The highest BCUT2D eigenvalue weighted by Gasteiger charge is 2.40. The van der Waals surface area contributed by atoms with Gasteiger partial charge in [-0.3, -0.25) is 4.68 Å². The molecule has 19 heteroatoms. The van der Waals surface area contributed by atoms with Crippen LogP contribution in [0, 0.1) is 23.3 Å². The van der Waals surface area contributed by atoms with Crippen molar-refractivity contribution in [3.05, 3.63) is 339 Å². The molecule has 578 valence electrons. The SMILES string of the molecule is CC1Cc2cc(-c3c[nH][n+](C)c3)ccc2C(c2c(F)cc(/C=C/C(=O)O)cc2F)N1c1ccccc1.CC[n+]1cc(-c2ccc3c(c2)CC(C)N(c2ccc(C4CC4)cc2)C3c2ccc(/C=C/C(=O)O)cc2F)c[nH]1.CCn1cc(-c2ccc3c(c2)CC(C)N(c2ccc(C4CC4)c(F)c2)C3c2ccc(/C=C/C(=O)O)cc2)cn1. The van der Waals surface area contributed by atoms with Crippen LogP contribution in [0.1, 0.15) is 168 Å². The van der Waals surface area contributed by atoms with Gasteiger partial charge < -0.3 is 30.0 Å². The highest BCUT2D eigenvalue weighted by molar-refractivity contribution is 5.87. The summed E-state index contributed by atoms with van der Waals surface area (Å²) in [7, 11) is 1.92. The zero-order chi connectivity index (χ0) is 79.6. The second kappa shape index (κ2) is 33.0. The van der Waals surface area contributed by atoms with E-state index in [1.165, 1.54) is 65.4 Å². The summed E-state index contributed by atoms with van der Waals surface area (Å²) in [4.78, 5) is 39.6. The summed E-state index contributed by atoms with van der Waals surface area (Å²) in [6.45, 7) is 12.3. The van der Waals surface area contributed by atoms with Gasteiger partial charge in [0.15, 0.2) is 13.6 Å². The Hall–Kier alpha value is -12.6. The van der Waals surface area contributed by atoms with Gasteiger partial charge in [-0.05, 0) is 248 Å². The van der Waals surface area contributed by atoms with Crippen LogP contribution in [0.3, 0.4) is 0 Å². The van der Waals surface area contributed by atoms with Crippen molar-refractivity contribution >= 4 is 53.2 Å². The lowest BCUT2D eigenvalue weighted by Gasteiger charge is -2.44. The number of carbonyl (C=O) groups is 3. The van der Waals surface area contributed by atoms with Crippen molar-refractivity contribution in [3.63, 3.8) is 0 Å². The molecular weight excluding hydrogens is 1440 g/mol. The number of aromatic nitrogens is 6. The molecule has 2 aliphatic carbocycles. The Bertz CT molecular complexity index is 5640. The fourth-order valence-corrected chi connectivity index (χ4v) is 16.8. The molecule has 5 aliphatic rings. The minimum absolute atomic E-state index is 0.0344. The Labute approximate surface area is 660 Å². The monoisotopic (exact) mass is 1530 g/mol. The van der Waals surface area contributed by atoms with E-state index in [2.05, 4.69) is 162 Å². The molecule has 5 N–H and O–H groups in total. The highest BCUT2D eigenvalue weighted by atomic mass is 19.1. The number of hydrogen-bond acceptors (Lipinski definition) is 7. The Balaban J connectivity index is 0.000000135. The molecular formula is C95H91F4N9O6+2. The number of H-pyrrole nitrogens is 2. The predicted octanol–water partition coefficient (Wildman–Crippen LogP) is 19.3. The molecule has 2 saturated carbocycles. The molecule has 0 bridgehead atoms. The van der Waals surface area contributed by atoms with Crippen molar-refractivity contribution in [2.24, 2.45) is 7.05 Å². The first-order valence-corrected chi connectivity index (χ1v) is 39.1. The minimum Gasteiger partial charge on any atom is -0.478 e. The number of benzene rings is 9. The van der Waals surface area contributed by atoms with Crippen molar-refractivity contribution in [2.75, 3.05) is 14.7 Å². The van der Waals surface area contributed by atoms with E-state index in [0.717, 1.165) is 141 Å². The minimum atomic E-state index is -1.18. The molecule has 0 amide bonds. The number of nitrogens with zero attached hydrogens (tertiary/aromatic N) is 7. The van der Waals surface area contributed by atoms with Gasteiger partial charge in [0.25, 0.3) is 0 Å². The standard InChI is InChI=1S/2C33H32FN3O2.C29H25F2N3O2/c1-3-36-20-27(19-35-36)25-10-14-29-26(18-25)16-21(2)37(28-11-8-24(9-12-28)23-6-7-23)33(29)30-13-4-22(17-31(30)34)5-15-32(38)39;1-3-36-20-27(19-35-36)25-11-13-30-26(17-25)16-21(2)37(28-12-14-29(23-9-10-23)31(34)18-28)33(30)24-7-4-22(5-8-24)6-15-32(38)39;1-18-12-21-15-20(22-16-32-33(2)17-22)9-10-24(21)29(34(18)23-6-4-3-5-7-23)28-25(30)13-19(14-26(28)31)8-11-27(35)36/h4-5,8-15,17-21,23,33H,3,6-7,16H2,1-2H3,(H,38,39);4-8,11-15,17-21,23,33H,3,9-10,16H2,1-2H3,(H,38,39);3-11,13-18,29H,12H2,1-2H3,(H,35,36)/p+2/b15-5+;15-6+;11-8+. The lowest BCUT2D eigenvalue weighted by Crippen LogP contribution is -2.43. The lowest BCUT2D eigenvalue weighted by atomic mass is 9.82. The van der Waals surface area contributed by atoms with Crippen LogP contribution in [-0.4, -0.2) is 71.3 Å². The molecule has 17 rings (SSSR count). The van der Waals surface area contributed by atoms with E-state index in [1.807, 2.05) is 107 Å². The third kappa shape index (κ3) is 16.6. The molecule has 12 aromatic rings. The van der Waals surface area contributed by atoms with E-state index in [4.69, 9.17) is 15.3 Å². The van der Waals surface area contributed by atoms with Crippen molar-refractivity contribution in [1.29, 1.82) is 0 Å². The number of aromatic amines is 2. The first-order chi connectivity index (χ1) is 55.1. The molecule has 2 fully saturated rings. The van der Waals surface area contributed by atoms with Gasteiger partial charge >= 0.3 is 17.9 Å². The van der Waals surface area contributed by atoms with Gasteiger partial charge in [0, 0.05) is 77.3 Å². The van der Waals surface area contributed by atoms with Gasteiger partial charge in [0.05, 0.1) is 53.4 Å². The van der Waals surface area contributed by atoms with Crippen LogP contribution in [0.5, 0.6) is 0 Å². The lowest BCUT2D eigenvalue weighted by molar-refractivity contribution is -0.746. The first kappa shape index (κ1) is 76.7. The summed E-state index contributed by atoms with van der Waals surface area (Å²) < 4.78 is 68.1. The summed E-state index contributed by atoms with van der Waals surface area (Å²) in [6, 6.07) is 57.9. The van der Waals surface area contributed by atoms with Crippen LogP contribution in [0.2, 0.25) is 0 Å². The van der Waals surface area contributed by atoms with Crippen LogP contribution in [0.25, 0.3) is 51.6 Å². The fourth-order valence-electron chi connectivity index (χ4n) is 16.8. The van der Waals surface area contributed by atoms with Gasteiger partial charge in [0.1, 0.15) is 23.3 Å². The normalized spacial score (nSPS) is 18.4. The Morgan fingerprint density at radius 1 is 0.456 bits per heavy atom. The number of para-hydroxylation sites is 1. The maximum Gasteiger partial charge on any atom is 0.328 e. The topological polar surface area (TPSA) is 179 Å². The molecule has 114 heavy (non-hydrogen) atoms. The maximum absolute atomic E-state index is 15.8. The number of nitrogens with one attached hydrogen (secondary N) is 2. The third-order valence-electron chi connectivity index (χ3n) is 22.6. The first-order valence-electron chi connectivity index (χ1n) is 39.1. The average molecular weight is 1530 g/mol. The summed E-state index contributed by atoms with van der Waals surface area (Å²) in [5.41, 5.74) is 21.3. The number of hydrogen-bond donors (Lipinski definition) is 5. The van der Waals surface area contributed by atoms with Crippen LogP contribution in [0.4, 0.5) is 34.6 Å². The summed E-state index contributed by atoms with van der Waals surface area (Å²) in [6.07, 6.45) is 26.3. The Kier molecular flexibility index (Phi) is 22.2. The van der Waals surface area contributed by atoms with Gasteiger partial charge in [0.2, 0.25) is 12.4 Å². The summed E-state index contributed by atoms with van der Waals surface area (Å²) in [5, 5.41) is 37.7. The number of aryl methyl sites for hydroxylation is 3. The Morgan fingerprint density at radius 2 is 0.921 bits per heavy atom. The Morgan fingerprint density at radius 3 is 1.45 bits per heavy atom. The van der Waals surface area contributed by atoms with Crippen molar-refractivity contribution in [3.8, 4) is 33.4 Å². The van der Waals surface area contributed by atoms with E-state index in [-0.39, 0.29) is 53.0 Å². The van der Waals surface area contributed by atoms with Crippen molar-refractivity contribution in [1.82, 2.24) is 20.0 Å². The van der Waals surface area contributed by atoms with Gasteiger partial charge in [-0.15, -0.1) is 9.36 Å². The van der Waals surface area contributed by atoms with E-state index in [0.29, 0.717) is 29.4 Å². The predicted molar refractivity (Wildman–Crippen MR) is 438 cm³/mol. The van der Waals surface area contributed by atoms with Crippen molar-refractivity contribution < 1.29 is 56.6 Å². The van der Waals surface area contributed by atoms with E-state index >= 15 is 17.6 Å². The fraction of sp³-hybridized carbons (Fsp3) is 0.242. The molecule has 3 aliphatic heterocycles. The molecule has 0 saturated heterocycles. The van der Waals surface area contributed by atoms with Crippen LogP contribution in [-0.2, 0) is 53.8 Å². The zero-order valence-electron chi connectivity index (χ0n) is 64.4. The zero-order valence-corrected chi connectivity index (χ0v) is 64.4. The number of rotatable bonds is 19. The van der Waals surface area contributed by atoms with Crippen LogP contribution in [0.15, 0.2) is 237 Å². The third-order valence-corrected chi connectivity index (χ3v) is 22.6. The number of carboxylic acids is 3. The van der Waals surface area contributed by atoms with Crippen LogP contribution < -0.4 is 24.1 Å². The molecule has 3 aromatic heterocycles. The van der Waals surface area contributed by atoms with Crippen molar-refractivity contribution in [2.45, 2.75) is 141 Å². The van der Waals surface area contributed by atoms with Gasteiger partial charge in [-0.2, -0.15) is 15.3 Å². The molecule has 9 aromatic carbocycles. The average Bonchev–Trinajstić information content (AvgIpc) is 0.994. The molecule has 0 spiro atoms. The van der Waals surface area contributed by atoms with Gasteiger partial charge in [-0.25, -0.2) is 31.9 Å². The summed E-state index contributed by atoms with van der Waals surface area (Å²) >= 11 is 0. The summed E-state index contributed by atoms with van der Waals surface area (Å²) in [5.74, 6) is -4.07. The number of carboxylic acid groups (broad SMARTS) is 3. The van der Waals surface area contributed by atoms with Gasteiger partial charge in [-0.1, -0.05) is 127 Å². The van der Waals surface area contributed by atoms with Crippen LogP contribution >= 0.6 is 0 Å². The highest BCUT2D eigenvalue weighted by Crippen LogP contribution is 2.49. The van der Waals surface area contributed by atoms with E-state index in [1.54, 1.807) is 24.3 Å². The smallest absolute Gasteiger partial charge is 0.328 e. The number of anilines is 3.